The van der Waals surface area contributed by atoms with Crippen LogP contribution in [0.2, 0.25) is 0 Å². The summed E-state index contributed by atoms with van der Waals surface area (Å²) < 4.78 is 10.7. The number of aromatic nitrogens is 2. The number of nitrogens with zero attached hydrogens (tertiary/aromatic N) is 2. The molecule has 2 atom stereocenters. The first kappa shape index (κ1) is 31.7. The van der Waals surface area contributed by atoms with E-state index in [1.54, 1.807) is 25.1 Å². The van der Waals surface area contributed by atoms with Crippen LogP contribution >= 0.6 is 11.8 Å². The van der Waals surface area contributed by atoms with Crippen LogP contribution in [-0.2, 0) is 31.4 Å². The van der Waals surface area contributed by atoms with Crippen molar-refractivity contribution in [1.29, 1.82) is 0 Å². The molecular formula is C31H36N4O7S. The average Bonchev–Trinajstić information content (AvgIpc) is 3.68. The van der Waals surface area contributed by atoms with Crippen molar-refractivity contribution in [3.63, 3.8) is 0 Å². The minimum Gasteiger partial charge on any atom is -0.496 e. The normalized spacial score (nSPS) is 14.6. The van der Waals surface area contributed by atoms with E-state index in [1.165, 1.54) is 18.9 Å². The molecule has 0 bridgehead atoms. The third-order valence-electron chi connectivity index (χ3n) is 7.32. The van der Waals surface area contributed by atoms with Crippen LogP contribution in [0.4, 0.5) is 0 Å². The molecule has 4 rings (SSSR count). The van der Waals surface area contributed by atoms with Gasteiger partial charge in [0, 0.05) is 16.9 Å². The summed E-state index contributed by atoms with van der Waals surface area (Å²) in [6, 6.07) is 12.7. The van der Waals surface area contributed by atoms with Gasteiger partial charge in [-0.2, -0.15) is 4.98 Å². The minimum absolute atomic E-state index is 0.0449. The molecule has 3 aromatic rings. The molecule has 0 aliphatic heterocycles. The number of Topliss-reactive ketones (excluding diaryl/α,β-unsaturated/α-hetero) is 1. The highest BCUT2D eigenvalue weighted by Gasteiger charge is 2.35. The van der Waals surface area contributed by atoms with E-state index in [0.29, 0.717) is 34.3 Å². The quantitative estimate of drug-likeness (QED) is 0.232. The second-order valence-corrected chi connectivity index (χ2v) is 11.5. The Bertz CT molecular complexity index is 1420. The number of thioether (sulfide) groups is 1. The largest absolute Gasteiger partial charge is 0.496 e. The van der Waals surface area contributed by atoms with Crippen molar-refractivity contribution >= 4 is 35.3 Å². The maximum absolute atomic E-state index is 13.5. The summed E-state index contributed by atoms with van der Waals surface area (Å²) in [6.45, 7) is 1.71. The lowest BCUT2D eigenvalue weighted by Gasteiger charge is -2.26. The number of benzene rings is 2. The van der Waals surface area contributed by atoms with Gasteiger partial charge in [0.05, 0.1) is 31.7 Å². The first-order valence-corrected chi connectivity index (χ1v) is 15.3. The molecule has 0 spiro atoms. The van der Waals surface area contributed by atoms with Crippen molar-refractivity contribution in [1.82, 2.24) is 20.8 Å². The van der Waals surface area contributed by atoms with E-state index >= 15 is 0 Å². The van der Waals surface area contributed by atoms with Gasteiger partial charge in [-0.1, -0.05) is 48.3 Å². The third kappa shape index (κ3) is 9.15. The molecule has 0 saturated heterocycles. The van der Waals surface area contributed by atoms with Crippen LogP contribution in [0.15, 0.2) is 53.1 Å². The standard InChI is InChI=1S/C31H36N4O7S/c1-19-32-31(42-35-19)22-12-13-26(41-2)23(14-22)15-27(37)34-29(21-10-6-7-11-21)30(40)33-24(16-28(38)39)25(36)18-43-17-20-8-4-3-5-9-20/h3-5,8-9,12-14,21,24,29H,6-7,10-11,15-18H2,1-2H3,(H,33,40)(H,34,37)(H,38,39). The number of carbonyl (C=O) groups is 4. The summed E-state index contributed by atoms with van der Waals surface area (Å²) >= 11 is 1.36. The topological polar surface area (TPSA) is 161 Å². The number of methoxy groups -OCH3 is 1. The molecule has 1 aliphatic rings. The highest BCUT2D eigenvalue weighted by Crippen LogP contribution is 2.29. The maximum atomic E-state index is 13.5. The first-order chi connectivity index (χ1) is 20.7. The monoisotopic (exact) mass is 608 g/mol. The summed E-state index contributed by atoms with van der Waals surface area (Å²) in [5.41, 5.74) is 2.22. The Morgan fingerprint density at radius 3 is 2.49 bits per heavy atom. The van der Waals surface area contributed by atoms with Crippen LogP contribution in [0.5, 0.6) is 5.75 Å². The maximum Gasteiger partial charge on any atom is 0.305 e. The molecule has 3 N–H and O–H groups in total. The summed E-state index contributed by atoms with van der Waals surface area (Å²) in [5, 5.41) is 18.8. The molecule has 2 unspecified atom stereocenters. The number of aliphatic carboxylic acids is 1. The first-order valence-electron chi connectivity index (χ1n) is 14.2. The lowest BCUT2D eigenvalue weighted by Crippen LogP contribution is -2.55. The number of ketones is 1. The molecule has 11 nitrogen and oxygen atoms in total. The molecule has 1 aromatic heterocycles. The van der Waals surface area contributed by atoms with Crippen LogP contribution < -0.4 is 15.4 Å². The zero-order valence-electron chi connectivity index (χ0n) is 24.2. The molecule has 43 heavy (non-hydrogen) atoms. The highest BCUT2D eigenvalue weighted by atomic mass is 32.2. The van der Waals surface area contributed by atoms with Gasteiger partial charge in [0.15, 0.2) is 11.6 Å². The molecular weight excluding hydrogens is 572 g/mol. The number of hydrogen-bond acceptors (Lipinski definition) is 9. The van der Waals surface area contributed by atoms with Gasteiger partial charge in [-0.3, -0.25) is 19.2 Å². The Hall–Kier alpha value is -4.19. The van der Waals surface area contributed by atoms with Crippen molar-refractivity contribution in [2.45, 2.75) is 63.3 Å². The molecule has 2 amide bonds. The highest BCUT2D eigenvalue weighted by molar-refractivity contribution is 7.99. The van der Waals surface area contributed by atoms with Crippen molar-refractivity contribution in [3.8, 4) is 17.2 Å². The molecule has 12 heteroatoms. The van der Waals surface area contributed by atoms with Crippen LogP contribution in [-0.4, -0.2) is 63.8 Å². The molecule has 1 saturated carbocycles. The fourth-order valence-electron chi connectivity index (χ4n) is 5.18. The number of nitrogens with one attached hydrogen (secondary N) is 2. The Morgan fingerprint density at radius 2 is 1.84 bits per heavy atom. The van der Waals surface area contributed by atoms with Gasteiger partial charge in [0.1, 0.15) is 11.8 Å². The van der Waals surface area contributed by atoms with Crippen molar-refractivity contribution in [2.75, 3.05) is 12.9 Å². The van der Waals surface area contributed by atoms with Crippen LogP contribution in [0.25, 0.3) is 11.5 Å². The van der Waals surface area contributed by atoms with Crippen LogP contribution in [0.1, 0.15) is 49.1 Å². The fraction of sp³-hybridized carbons (Fsp3) is 0.419. The molecule has 1 aliphatic carbocycles. The Balaban J connectivity index is 1.44. The van der Waals surface area contributed by atoms with Crippen molar-refractivity contribution < 1.29 is 33.5 Å². The SMILES string of the molecule is COc1ccc(-c2nc(C)no2)cc1CC(=O)NC(C(=O)NC(CC(=O)O)C(=O)CSCc1ccccc1)C1CCCC1. The molecule has 1 heterocycles. The van der Waals surface area contributed by atoms with Gasteiger partial charge in [0.25, 0.3) is 5.89 Å². The second-order valence-electron chi connectivity index (χ2n) is 10.5. The van der Waals surface area contributed by atoms with Gasteiger partial charge in [-0.05, 0) is 49.4 Å². The van der Waals surface area contributed by atoms with E-state index in [2.05, 4.69) is 20.8 Å². The van der Waals surface area contributed by atoms with Crippen molar-refractivity contribution in [3.05, 3.63) is 65.5 Å². The van der Waals surface area contributed by atoms with Crippen LogP contribution in [0.3, 0.4) is 0 Å². The van der Waals surface area contributed by atoms with Gasteiger partial charge < -0.3 is 25.0 Å². The summed E-state index contributed by atoms with van der Waals surface area (Å²) in [7, 11) is 1.50. The Morgan fingerprint density at radius 1 is 1.09 bits per heavy atom. The smallest absolute Gasteiger partial charge is 0.305 e. The average molecular weight is 609 g/mol. The number of aryl methyl sites for hydroxylation is 1. The number of carboxylic acids is 1. The van der Waals surface area contributed by atoms with E-state index < -0.39 is 36.3 Å². The lowest BCUT2D eigenvalue weighted by molar-refractivity contribution is -0.140. The number of carboxylic acid groups (broad SMARTS) is 1. The molecule has 228 valence electrons. The van der Waals surface area contributed by atoms with Crippen LogP contribution in [0, 0.1) is 12.8 Å². The summed E-state index contributed by atoms with van der Waals surface area (Å²) in [4.78, 5) is 55.7. The number of carbonyl (C=O) groups excluding carboxylic acids is 3. The molecule has 0 radical (unpaired) electrons. The van der Waals surface area contributed by atoms with Crippen molar-refractivity contribution in [2.24, 2.45) is 5.92 Å². The van der Waals surface area contributed by atoms with Gasteiger partial charge in [-0.25, -0.2) is 0 Å². The zero-order chi connectivity index (χ0) is 30.8. The third-order valence-corrected chi connectivity index (χ3v) is 8.34. The van der Waals surface area contributed by atoms with Gasteiger partial charge in [0.2, 0.25) is 11.8 Å². The zero-order valence-corrected chi connectivity index (χ0v) is 25.0. The number of rotatable bonds is 15. The number of hydrogen-bond donors (Lipinski definition) is 3. The predicted octanol–water partition coefficient (Wildman–Crippen LogP) is 3.73. The summed E-state index contributed by atoms with van der Waals surface area (Å²) in [6.07, 6.45) is 2.67. The number of amides is 2. The number of ether oxygens (including phenoxy) is 1. The van der Waals surface area contributed by atoms with E-state index in [9.17, 15) is 24.3 Å². The second kappa shape index (κ2) is 15.3. The van der Waals surface area contributed by atoms with E-state index in [4.69, 9.17) is 9.26 Å². The van der Waals surface area contributed by atoms with E-state index in [-0.39, 0.29) is 23.9 Å². The lowest BCUT2D eigenvalue weighted by atomic mass is 9.96. The Labute approximate surface area is 254 Å². The Kier molecular flexibility index (Phi) is 11.3. The summed E-state index contributed by atoms with van der Waals surface area (Å²) in [5.74, 6) is -0.794. The fourth-order valence-corrected chi connectivity index (χ4v) is 6.11. The van der Waals surface area contributed by atoms with Gasteiger partial charge >= 0.3 is 5.97 Å². The molecule has 1 fully saturated rings. The molecule has 2 aromatic carbocycles. The van der Waals surface area contributed by atoms with Gasteiger partial charge in [-0.15, -0.1) is 11.8 Å². The predicted molar refractivity (Wildman–Crippen MR) is 160 cm³/mol. The van der Waals surface area contributed by atoms with E-state index in [0.717, 1.165) is 31.2 Å². The van der Waals surface area contributed by atoms with E-state index in [1.807, 2.05) is 30.3 Å². The minimum atomic E-state index is -1.20.